The summed E-state index contributed by atoms with van der Waals surface area (Å²) in [7, 11) is 1.31. The number of amides is 1. The maximum Gasteiger partial charge on any atom is 0.313 e. The topological polar surface area (TPSA) is 63.7 Å². The molecule has 0 radical (unpaired) electrons. The lowest BCUT2D eigenvalue weighted by atomic mass is 9.92. The number of fused-ring (bicyclic) bond motifs is 1. The lowest BCUT2D eigenvalue weighted by Crippen LogP contribution is -2.42. The molecular formula is C16H19NO4. The molecule has 2 rings (SSSR count). The summed E-state index contributed by atoms with van der Waals surface area (Å²) >= 11 is 0. The van der Waals surface area contributed by atoms with Crippen LogP contribution in [-0.4, -0.2) is 31.3 Å². The fraction of sp³-hybridized carbons (Fsp3) is 0.438. The molecule has 0 N–H and O–H groups in total. The number of nitrogens with zero attached hydrogens (tertiary/aromatic N) is 1. The van der Waals surface area contributed by atoms with Crippen LogP contribution in [0.1, 0.15) is 35.3 Å². The van der Waals surface area contributed by atoms with Gasteiger partial charge in [0, 0.05) is 6.54 Å². The predicted octanol–water partition coefficient (Wildman–Crippen LogP) is 2.03. The Hall–Kier alpha value is -2.17. The number of ketones is 1. The molecule has 0 bridgehead atoms. The second-order valence-electron chi connectivity index (χ2n) is 6.00. The van der Waals surface area contributed by atoms with Gasteiger partial charge in [-0.05, 0) is 44.9 Å². The van der Waals surface area contributed by atoms with Crippen molar-refractivity contribution in [3.63, 3.8) is 0 Å². The first-order chi connectivity index (χ1) is 9.70. The number of carbonyl (C=O) groups is 3. The van der Waals surface area contributed by atoms with E-state index in [1.165, 1.54) is 12.0 Å². The Morgan fingerprint density at radius 2 is 1.86 bits per heavy atom. The van der Waals surface area contributed by atoms with Crippen LogP contribution in [0.25, 0.3) is 0 Å². The van der Waals surface area contributed by atoms with Gasteiger partial charge in [-0.2, -0.15) is 0 Å². The first-order valence-electron chi connectivity index (χ1n) is 6.75. The summed E-state index contributed by atoms with van der Waals surface area (Å²) in [5.74, 6) is -1.52. The Kier molecular flexibility index (Phi) is 3.61. The van der Waals surface area contributed by atoms with Crippen molar-refractivity contribution < 1.29 is 19.1 Å². The molecule has 1 heterocycles. The van der Waals surface area contributed by atoms with Gasteiger partial charge in [0.05, 0.1) is 23.8 Å². The fourth-order valence-corrected chi connectivity index (χ4v) is 2.56. The number of Topliss-reactive ketones (excluding diaryl/α,β-unsaturated/α-hetero) is 1. The minimum atomic E-state index is -0.886. The zero-order chi connectivity index (χ0) is 15.9. The van der Waals surface area contributed by atoms with E-state index < -0.39 is 23.1 Å². The second kappa shape index (κ2) is 4.98. The Bertz CT molecular complexity index is 646. The van der Waals surface area contributed by atoms with E-state index in [2.05, 4.69) is 0 Å². The van der Waals surface area contributed by atoms with E-state index in [0.29, 0.717) is 11.3 Å². The van der Waals surface area contributed by atoms with Gasteiger partial charge < -0.3 is 9.64 Å². The largest absolute Gasteiger partial charge is 0.469 e. The summed E-state index contributed by atoms with van der Waals surface area (Å²) in [6.45, 7) is 7.30. The van der Waals surface area contributed by atoms with Gasteiger partial charge >= 0.3 is 5.97 Å². The molecule has 0 saturated carbocycles. The summed E-state index contributed by atoms with van der Waals surface area (Å²) in [5.41, 5.74) is 2.01. The number of hydrogen-bond acceptors (Lipinski definition) is 4. The molecule has 5 nitrogen and oxygen atoms in total. The van der Waals surface area contributed by atoms with Crippen LogP contribution in [0.15, 0.2) is 12.1 Å². The van der Waals surface area contributed by atoms with Crippen molar-refractivity contribution in [1.29, 1.82) is 0 Å². The summed E-state index contributed by atoms with van der Waals surface area (Å²) in [4.78, 5) is 37.6. The van der Waals surface area contributed by atoms with Crippen molar-refractivity contribution in [3.8, 4) is 0 Å². The van der Waals surface area contributed by atoms with Gasteiger partial charge in [0.25, 0.3) is 11.7 Å². The molecule has 0 saturated heterocycles. The Morgan fingerprint density at radius 3 is 2.43 bits per heavy atom. The molecule has 0 aliphatic carbocycles. The summed E-state index contributed by atoms with van der Waals surface area (Å²) in [6.07, 6.45) is 0. The van der Waals surface area contributed by atoms with Gasteiger partial charge in [0.15, 0.2) is 0 Å². The highest BCUT2D eigenvalue weighted by Gasteiger charge is 2.42. The number of aryl methyl sites for hydroxylation is 1. The highest BCUT2D eigenvalue weighted by atomic mass is 16.5. The normalized spacial score (nSPS) is 14.4. The molecule has 0 aromatic heterocycles. The summed E-state index contributed by atoms with van der Waals surface area (Å²) in [5, 5.41) is 0. The fourth-order valence-electron chi connectivity index (χ4n) is 2.56. The molecular weight excluding hydrogens is 270 g/mol. The van der Waals surface area contributed by atoms with E-state index in [1.807, 2.05) is 19.9 Å². The van der Waals surface area contributed by atoms with Crippen LogP contribution < -0.4 is 4.90 Å². The predicted molar refractivity (Wildman–Crippen MR) is 78.4 cm³/mol. The van der Waals surface area contributed by atoms with Gasteiger partial charge in [-0.25, -0.2) is 0 Å². The molecule has 5 heteroatoms. The third-order valence-electron chi connectivity index (χ3n) is 3.95. The Labute approximate surface area is 123 Å². The van der Waals surface area contributed by atoms with E-state index in [1.54, 1.807) is 19.9 Å². The van der Waals surface area contributed by atoms with Crippen molar-refractivity contribution in [1.82, 2.24) is 0 Å². The number of hydrogen-bond donors (Lipinski definition) is 0. The number of anilines is 1. The van der Waals surface area contributed by atoms with Gasteiger partial charge in [0.2, 0.25) is 0 Å². The monoisotopic (exact) mass is 289 g/mol. The van der Waals surface area contributed by atoms with E-state index >= 15 is 0 Å². The van der Waals surface area contributed by atoms with Crippen LogP contribution in [0.2, 0.25) is 0 Å². The number of methoxy groups -OCH3 is 1. The lowest BCUT2D eigenvalue weighted by Gasteiger charge is -2.28. The molecule has 0 atom stereocenters. The minimum absolute atomic E-state index is 0.113. The van der Waals surface area contributed by atoms with Gasteiger partial charge in [0.1, 0.15) is 0 Å². The van der Waals surface area contributed by atoms with E-state index in [-0.39, 0.29) is 6.54 Å². The van der Waals surface area contributed by atoms with Gasteiger partial charge in [-0.15, -0.1) is 0 Å². The number of benzene rings is 1. The number of carbonyl (C=O) groups excluding carboxylic acids is 3. The molecule has 112 valence electrons. The van der Waals surface area contributed by atoms with Crippen LogP contribution in [0.4, 0.5) is 5.69 Å². The van der Waals surface area contributed by atoms with Crippen LogP contribution in [0, 0.1) is 19.3 Å². The molecule has 0 spiro atoms. The molecule has 1 aliphatic rings. The molecule has 1 aliphatic heterocycles. The number of ether oxygens (including phenoxy) is 1. The maximum atomic E-state index is 12.2. The number of esters is 1. The minimum Gasteiger partial charge on any atom is -0.469 e. The van der Waals surface area contributed by atoms with Crippen LogP contribution in [0.3, 0.4) is 0 Å². The van der Waals surface area contributed by atoms with Crippen LogP contribution in [-0.2, 0) is 14.3 Å². The van der Waals surface area contributed by atoms with Gasteiger partial charge in [-0.1, -0.05) is 6.07 Å². The van der Waals surface area contributed by atoms with Crippen molar-refractivity contribution in [2.75, 3.05) is 18.6 Å². The highest BCUT2D eigenvalue weighted by Crippen LogP contribution is 2.36. The molecule has 21 heavy (non-hydrogen) atoms. The lowest BCUT2D eigenvalue weighted by molar-refractivity contribution is -0.150. The third-order valence-corrected chi connectivity index (χ3v) is 3.95. The Morgan fingerprint density at radius 1 is 1.24 bits per heavy atom. The smallest absolute Gasteiger partial charge is 0.313 e. The second-order valence-corrected chi connectivity index (χ2v) is 6.00. The quantitative estimate of drug-likeness (QED) is 0.631. The van der Waals surface area contributed by atoms with Crippen LogP contribution >= 0.6 is 0 Å². The van der Waals surface area contributed by atoms with Crippen molar-refractivity contribution in [3.05, 3.63) is 28.8 Å². The van der Waals surface area contributed by atoms with Crippen LogP contribution in [0.5, 0.6) is 0 Å². The summed E-state index contributed by atoms with van der Waals surface area (Å²) < 4.78 is 4.77. The number of rotatable bonds is 3. The van der Waals surface area contributed by atoms with Crippen molar-refractivity contribution in [2.24, 2.45) is 5.41 Å². The zero-order valence-electron chi connectivity index (χ0n) is 12.9. The first kappa shape index (κ1) is 15.2. The molecule has 1 aromatic rings. The van der Waals surface area contributed by atoms with E-state index in [9.17, 15) is 14.4 Å². The zero-order valence-corrected chi connectivity index (χ0v) is 12.9. The standard InChI is InChI=1S/C16H19NO4/c1-9-6-7-11-12(10(9)2)17(14(19)13(11)18)8-16(3,4)15(20)21-5/h6-7H,8H2,1-5H3. The highest BCUT2D eigenvalue weighted by molar-refractivity contribution is 6.52. The summed E-state index contributed by atoms with van der Waals surface area (Å²) in [6, 6.07) is 3.50. The third kappa shape index (κ3) is 2.33. The first-order valence-corrected chi connectivity index (χ1v) is 6.75. The average molecular weight is 289 g/mol. The van der Waals surface area contributed by atoms with E-state index in [4.69, 9.17) is 4.74 Å². The maximum absolute atomic E-state index is 12.2. The van der Waals surface area contributed by atoms with Crippen molar-refractivity contribution in [2.45, 2.75) is 27.7 Å². The molecule has 1 aromatic carbocycles. The molecule has 0 unspecified atom stereocenters. The Balaban J connectivity index is 2.49. The van der Waals surface area contributed by atoms with Crippen molar-refractivity contribution >= 4 is 23.3 Å². The van der Waals surface area contributed by atoms with Gasteiger partial charge in [-0.3, -0.25) is 14.4 Å². The van der Waals surface area contributed by atoms with E-state index in [0.717, 1.165) is 11.1 Å². The average Bonchev–Trinajstić information content (AvgIpc) is 2.67. The molecule has 0 fully saturated rings. The SMILES string of the molecule is COC(=O)C(C)(C)CN1C(=O)C(=O)c2ccc(C)c(C)c21. The molecule has 1 amide bonds.